The van der Waals surface area contributed by atoms with Gasteiger partial charge in [-0.1, -0.05) is 37.3 Å². The molecule has 0 aliphatic heterocycles. The molecule has 1 unspecified atom stereocenters. The van der Waals surface area contributed by atoms with Crippen LogP contribution < -0.4 is 10.6 Å². The largest absolute Gasteiger partial charge is 0.453 e. The zero-order valence-electron chi connectivity index (χ0n) is 14.9. The van der Waals surface area contributed by atoms with Gasteiger partial charge in [0.2, 0.25) is 0 Å². The number of methoxy groups -OCH3 is 1. The fraction of sp³-hybridized carbons (Fsp3) is 0.316. The Hall–Kier alpha value is -2.12. The molecule has 26 heavy (non-hydrogen) atoms. The average Bonchev–Trinajstić information content (AvgIpc) is 2.62. The molecule has 0 saturated heterocycles. The van der Waals surface area contributed by atoms with Crippen LogP contribution in [0.1, 0.15) is 18.9 Å². The van der Waals surface area contributed by atoms with Crippen LogP contribution in [-0.2, 0) is 11.2 Å². The van der Waals surface area contributed by atoms with Crippen LogP contribution in [0.4, 0.5) is 4.79 Å². The zero-order chi connectivity index (χ0) is 19.0. The monoisotopic (exact) mass is 389 g/mol. The highest BCUT2D eigenvalue weighted by Gasteiger charge is 2.33. The summed E-state index contributed by atoms with van der Waals surface area (Å²) in [6, 6.07) is 8.29. The number of thioether (sulfide) groups is 1. The van der Waals surface area contributed by atoms with E-state index in [2.05, 4.69) is 34.4 Å². The van der Waals surface area contributed by atoms with Crippen molar-refractivity contribution < 1.29 is 9.53 Å². The van der Waals surface area contributed by atoms with E-state index in [4.69, 9.17) is 17.6 Å². The van der Waals surface area contributed by atoms with E-state index in [9.17, 15) is 4.79 Å². The summed E-state index contributed by atoms with van der Waals surface area (Å²) in [5.74, 6) is 1.07. The maximum absolute atomic E-state index is 11.4. The Kier molecular flexibility index (Phi) is 7.41. The molecule has 2 rings (SSSR count). The van der Waals surface area contributed by atoms with Crippen LogP contribution in [0.25, 0.3) is 0 Å². The van der Waals surface area contributed by atoms with E-state index >= 15 is 0 Å². The molecule has 138 valence electrons. The molecule has 3 N–H and O–H groups in total. The molecule has 1 aromatic carbocycles. The van der Waals surface area contributed by atoms with Gasteiger partial charge in [0.05, 0.1) is 12.8 Å². The van der Waals surface area contributed by atoms with Gasteiger partial charge in [0, 0.05) is 11.3 Å². The van der Waals surface area contributed by atoms with Crippen molar-refractivity contribution in [1.82, 2.24) is 10.6 Å². The Morgan fingerprint density at radius 1 is 1.38 bits per heavy atom. The van der Waals surface area contributed by atoms with Gasteiger partial charge in [-0.2, -0.15) is 0 Å². The van der Waals surface area contributed by atoms with E-state index < -0.39 is 11.6 Å². The molecule has 1 amide bonds. The number of thiocarbonyl (C=S) groups is 1. The first-order valence-electron chi connectivity index (χ1n) is 8.33. The summed E-state index contributed by atoms with van der Waals surface area (Å²) in [5.41, 5.74) is 0.644. The molecule has 1 aliphatic carbocycles. The van der Waals surface area contributed by atoms with Gasteiger partial charge in [0.15, 0.2) is 5.11 Å². The first-order chi connectivity index (χ1) is 12.5. The summed E-state index contributed by atoms with van der Waals surface area (Å²) >= 11 is 7.04. The van der Waals surface area contributed by atoms with E-state index in [1.54, 1.807) is 6.08 Å². The number of benzene rings is 1. The molecule has 5 nitrogen and oxygen atoms in total. The van der Waals surface area contributed by atoms with Crippen molar-refractivity contribution in [3.63, 3.8) is 0 Å². The summed E-state index contributed by atoms with van der Waals surface area (Å²) in [5, 5.41) is 14.1. The topological polar surface area (TPSA) is 74.2 Å². The quantitative estimate of drug-likeness (QED) is 0.509. The van der Waals surface area contributed by atoms with Crippen LogP contribution in [0.5, 0.6) is 0 Å². The Balaban J connectivity index is 2.22. The van der Waals surface area contributed by atoms with E-state index in [1.165, 1.54) is 12.0 Å². The summed E-state index contributed by atoms with van der Waals surface area (Å²) in [4.78, 5) is 12.6. The lowest BCUT2D eigenvalue weighted by molar-refractivity contribution is 0.176. The number of allylic oxidation sites excluding steroid dienone is 2. The molecule has 0 bridgehead atoms. The molecule has 1 atom stereocenters. The van der Waals surface area contributed by atoms with E-state index in [1.807, 2.05) is 42.1 Å². The standard InChI is InChI=1S/C19H23N3O2S2/c1-3-11-26-15-8-6-7-14(12-15)13-19(10-5-4-9-16(19)20)22-17(25)21-18(23)24-2/h4-10,12,20H,3,11,13H2,1-2H3,(H2,21,22,23,25). The lowest BCUT2D eigenvalue weighted by atomic mass is 9.83. The fourth-order valence-corrected chi connectivity index (χ4v) is 3.70. The van der Waals surface area contributed by atoms with Crippen molar-refractivity contribution in [3.05, 3.63) is 54.1 Å². The SMILES string of the molecule is CCCSc1cccc(CC2(NC(=S)NC(=O)OC)C=CC=CC2=N)c1. The maximum atomic E-state index is 11.4. The highest BCUT2D eigenvalue weighted by molar-refractivity contribution is 7.99. The molecule has 0 spiro atoms. The summed E-state index contributed by atoms with van der Waals surface area (Å²) in [6.07, 6.45) is 8.32. The van der Waals surface area contributed by atoms with E-state index in [0.29, 0.717) is 12.1 Å². The third kappa shape index (κ3) is 5.44. The highest BCUT2D eigenvalue weighted by atomic mass is 32.2. The number of nitrogens with one attached hydrogen (secondary N) is 3. The first kappa shape index (κ1) is 20.2. The lowest BCUT2D eigenvalue weighted by Gasteiger charge is -2.34. The number of alkyl carbamates (subject to hydrolysis) is 1. The predicted octanol–water partition coefficient (Wildman–Crippen LogP) is 3.85. The molecule has 0 fully saturated rings. The number of carbonyl (C=O) groups excluding carboxylic acids is 1. The van der Waals surface area contributed by atoms with Crippen molar-refractivity contribution in [3.8, 4) is 0 Å². The minimum atomic E-state index is -0.819. The number of carbonyl (C=O) groups is 1. The molecule has 1 aromatic rings. The Morgan fingerprint density at radius 3 is 2.88 bits per heavy atom. The van der Waals surface area contributed by atoms with Crippen molar-refractivity contribution in [2.24, 2.45) is 0 Å². The van der Waals surface area contributed by atoms with Gasteiger partial charge in [-0.05, 0) is 48.2 Å². The molecule has 0 radical (unpaired) electrons. The third-order valence-electron chi connectivity index (χ3n) is 3.83. The van der Waals surface area contributed by atoms with Crippen molar-refractivity contribution in [2.45, 2.75) is 30.2 Å². The second-order valence-electron chi connectivity index (χ2n) is 5.85. The lowest BCUT2D eigenvalue weighted by Crippen LogP contribution is -2.57. The minimum Gasteiger partial charge on any atom is -0.453 e. The Bertz CT molecular complexity index is 746. The Morgan fingerprint density at radius 2 is 2.19 bits per heavy atom. The second-order valence-corrected chi connectivity index (χ2v) is 7.42. The van der Waals surface area contributed by atoms with E-state index in [-0.39, 0.29) is 5.11 Å². The second kappa shape index (κ2) is 9.54. The first-order valence-corrected chi connectivity index (χ1v) is 9.72. The minimum absolute atomic E-state index is 0.123. The number of rotatable bonds is 6. The predicted molar refractivity (Wildman–Crippen MR) is 111 cm³/mol. The van der Waals surface area contributed by atoms with Gasteiger partial charge in [0.1, 0.15) is 5.54 Å². The van der Waals surface area contributed by atoms with Gasteiger partial charge in [-0.3, -0.25) is 5.32 Å². The van der Waals surface area contributed by atoms with Crippen molar-refractivity contribution >= 4 is 40.9 Å². The number of hydrogen-bond acceptors (Lipinski definition) is 5. The smallest absolute Gasteiger partial charge is 0.413 e. The van der Waals surface area contributed by atoms with Crippen LogP contribution in [0.3, 0.4) is 0 Å². The van der Waals surface area contributed by atoms with Gasteiger partial charge >= 0.3 is 6.09 Å². The molecule has 0 saturated carbocycles. The number of amides is 1. The summed E-state index contributed by atoms with van der Waals surface area (Å²) in [7, 11) is 1.28. The maximum Gasteiger partial charge on any atom is 0.413 e. The number of ether oxygens (including phenoxy) is 1. The van der Waals surface area contributed by atoms with Gasteiger partial charge in [-0.15, -0.1) is 11.8 Å². The van der Waals surface area contributed by atoms with Crippen molar-refractivity contribution in [1.29, 1.82) is 5.41 Å². The average molecular weight is 390 g/mol. The van der Waals surface area contributed by atoms with Crippen LogP contribution in [0.2, 0.25) is 0 Å². The van der Waals surface area contributed by atoms with Crippen LogP contribution in [0, 0.1) is 5.41 Å². The molecular formula is C19H23N3O2S2. The molecular weight excluding hydrogens is 366 g/mol. The summed E-state index contributed by atoms with van der Waals surface area (Å²) in [6.45, 7) is 2.16. The fourth-order valence-electron chi connectivity index (χ4n) is 2.58. The molecule has 7 heteroatoms. The summed E-state index contributed by atoms with van der Waals surface area (Å²) < 4.78 is 4.58. The zero-order valence-corrected chi connectivity index (χ0v) is 16.5. The van der Waals surface area contributed by atoms with E-state index in [0.717, 1.165) is 17.7 Å². The number of hydrogen-bond donors (Lipinski definition) is 3. The third-order valence-corrected chi connectivity index (χ3v) is 5.23. The van der Waals surface area contributed by atoms with Crippen LogP contribution in [-0.4, -0.2) is 35.3 Å². The Labute approximate surface area is 163 Å². The molecule has 1 aliphatic rings. The van der Waals surface area contributed by atoms with Gasteiger partial charge < -0.3 is 15.5 Å². The molecule has 0 aromatic heterocycles. The van der Waals surface area contributed by atoms with Crippen LogP contribution in [0.15, 0.2) is 53.5 Å². The molecule has 0 heterocycles. The van der Waals surface area contributed by atoms with Gasteiger partial charge in [0.25, 0.3) is 0 Å². The highest BCUT2D eigenvalue weighted by Crippen LogP contribution is 2.25. The van der Waals surface area contributed by atoms with Gasteiger partial charge in [-0.25, -0.2) is 4.79 Å². The van der Waals surface area contributed by atoms with Crippen molar-refractivity contribution in [2.75, 3.05) is 12.9 Å². The normalized spacial score (nSPS) is 18.5. The van der Waals surface area contributed by atoms with Crippen LogP contribution >= 0.6 is 24.0 Å².